The fourth-order valence-electron chi connectivity index (χ4n) is 3.09. The zero-order valence-electron chi connectivity index (χ0n) is 15.1. The molecule has 0 spiro atoms. The van der Waals surface area contributed by atoms with Gasteiger partial charge in [0.15, 0.2) is 5.65 Å². The van der Waals surface area contributed by atoms with E-state index in [1.165, 1.54) is 0 Å². The number of aromatic nitrogens is 4. The van der Waals surface area contributed by atoms with Crippen molar-refractivity contribution in [2.75, 3.05) is 37.4 Å². The number of nitrogens with zero attached hydrogens (tertiary/aromatic N) is 5. The van der Waals surface area contributed by atoms with Crippen molar-refractivity contribution in [3.05, 3.63) is 41.8 Å². The van der Waals surface area contributed by atoms with Crippen molar-refractivity contribution in [1.82, 2.24) is 24.3 Å². The lowest BCUT2D eigenvalue weighted by molar-refractivity contribution is 0.0440. The molecule has 0 aromatic carbocycles. The quantitative estimate of drug-likeness (QED) is 0.659. The summed E-state index contributed by atoms with van der Waals surface area (Å²) in [6.45, 7) is 1.93. The van der Waals surface area contributed by atoms with Gasteiger partial charge >= 0.3 is 0 Å². The summed E-state index contributed by atoms with van der Waals surface area (Å²) in [4.78, 5) is 10.9. The van der Waals surface area contributed by atoms with Gasteiger partial charge < -0.3 is 9.64 Å². The minimum atomic E-state index is -3.26. The SMILES string of the molecule is CS(=O)(=O)NCC1CN(c2cc(-c3cnc4ccc(Cl)nn34)ccn2)CCO1. The maximum atomic E-state index is 11.3. The summed E-state index contributed by atoms with van der Waals surface area (Å²) in [7, 11) is -3.26. The van der Waals surface area contributed by atoms with Crippen molar-refractivity contribution in [3.8, 4) is 11.3 Å². The largest absolute Gasteiger partial charge is 0.373 e. The van der Waals surface area contributed by atoms with Crippen LogP contribution in [-0.2, 0) is 14.8 Å². The molecule has 3 aromatic rings. The molecule has 0 aliphatic carbocycles. The molecule has 11 heteroatoms. The summed E-state index contributed by atoms with van der Waals surface area (Å²) in [6.07, 6.45) is 4.36. The molecule has 1 saturated heterocycles. The summed E-state index contributed by atoms with van der Waals surface area (Å²) in [5, 5.41) is 4.70. The van der Waals surface area contributed by atoms with Crippen molar-refractivity contribution in [2.45, 2.75) is 6.10 Å². The van der Waals surface area contributed by atoms with Crippen molar-refractivity contribution in [1.29, 1.82) is 0 Å². The zero-order valence-corrected chi connectivity index (χ0v) is 16.7. The molecule has 1 aliphatic heterocycles. The predicted molar refractivity (Wildman–Crippen MR) is 106 cm³/mol. The van der Waals surface area contributed by atoms with Crippen LogP contribution >= 0.6 is 11.6 Å². The van der Waals surface area contributed by atoms with Gasteiger partial charge in [-0.25, -0.2) is 27.6 Å². The summed E-state index contributed by atoms with van der Waals surface area (Å²) >= 11 is 6.02. The minimum absolute atomic E-state index is 0.227. The number of nitrogens with one attached hydrogen (secondary N) is 1. The Balaban J connectivity index is 1.57. The highest BCUT2D eigenvalue weighted by Gasteiger charge is 2.23. The van der Waals surface area contributed by atoms with Gasteiger partial charge in [0.25, 0.3) is 0 Å². The molecule has 1 N–H and O–H groups in total. The van der Waals surface area contributed by atoms with Gasteiger partial charge in [-0.3, -0.25) is 0 Å². The number of halogens is 1. The van der Waals surface area contributed by atoms with Crippen LogP contribution in [0, 0.1) is 0 Å². The fraction of sp³-hybridized carbons (Fsp3) is 0.353. The van der Waals surface area contributed by atoms with E-state index in [0.29, 0.717) is 30.5 Å². The van der Waals surface area contributed by atoms with Gasteiger partial charge in [0.2, 0.25) is 10.0 Å². The number of hydrogen-bond donors (Lipinski definition) is 1. The van der Waals surface area contributed by atoms with Crippen molar-refractivity contribution in [3.63, 3.8) is 0 Å². The van der Waals surface area contributed by atoms with Gasteiger partial charge in [-0.2, -0.15) is 5.10 Å². The zero-order chi connectivity index (χ0) is 19.7. The highest BCUT2D eigenvalue weighted by molar-refractivity contribution is 7.88. The maximum absolute atomic E-state index is 11.3. The summed E-state index contributed by atoms with van der Waals surface area (Å²) in [5.74, 6) is 0.780. The Hall–Kier alpha value is -2.27. The van der Waals surface area contributed by atoms with E-state index in [2.05, 4.69) is 24.7 Å². The molecule has 28 heavy (non-hydrogen) atoms. The summed E-state index contributed by atoms with van der Waals surface area (Å²) < 4.78 is 32.5. The number of pyridine rings is 1. The van der Waals surface area contributed by atoms with E-state index >= 15 is 0 Å². The Morgan fingerprint density at radius 3 is 3.00 bits per heavy atom. The van der Waals surface area contributed by atoms with Gasteiger partial charge in [0.1, 0.15) is 11.0 Å². The van der Waals surface area contributed by atoms with E-state index in [9.17, 15) is 8.42 Å². The van der Waals surface area contributed by atoms with E-state index in [1.54, 1.807) is 23.0 Å². The number of rotatable bonds is 5. The van der Waals surface area contributed by atoms with E-state index in [0.717, 1.165) is 23.3 Å². The van der Waals surface area contributed by atoms with Crippen molar-refractivity contribution >= 4 is 33.1 Å². The lowest BCUT2D eigenvalue weighted by Gasteiger charge is -2.33. The Morgan fingerprint density at radius 2 is 2.18 bits per heavy atom. The molecule has 0 radical (unpaired) electrons. The average Bonchev–Trinajstić information content (AvgIpc) is 3.09. The Bertz CT molecular complexity index is 1100. The van der Waals surface area contributed by atoms with Crippen LogP contribution in [0.2, 0.25) is 5.15 Å². The standard InChI is InChI=1S/C17H19ClN6O3S/c1-28(25,26)21-9-13-11-23(6-7-27-13)17-8-12(4-5-19-17)14-10-20-16-3-2-15(18)22-24(14)16/h2-5,8,10,13,21H,6-7,9,11H2,1H3. The smallest absolute Gasteiger partial charge is 0.208 e. The first-order valence-corrected chi connectivity index (χ1v) is 10.9. The molecule has 0 bridgehead atoms. The first-order valence-electron chi connectivity index (χ1n) is 8.67. The highest BCUT2D eigenvalue weighted by atomic mass is 35.5. The molecule has 1 atom stereocenters. The lowest BCUT2D eigenvalue weighted by atomic mass is 10.2. The molecular formula is C17H19ClN6O3S. The third-order valence-electron chi connectivity index (χ3n) is 4.41. The van der Waals surface area contributed by atoms with Crippen LogP contribution in [0.5, 0.6) is 0 Å². The summed E-state index contributed by atoms with van der Waals surface area (Å²) in [6, 6.07) is 7.35. The number of sulfonamides is 1. The molecule has 1 aliphatic rings. The van der Waals surface area contributed by atoms with Crippen LogP contribution in [0.15, 0.2) is 36.7 Å². The first-order chi connectivity index (χ1) is 13.4. The molecule has 0 saturated carbocycles. The second-order valence-corrected chi connectivity index (χ2v) is 8.75. The lowest BCUT2D eigenvalue weighted by Crippen LogP contribution is -2.47. The minimum Gasteiger partial charge on any atom is -0.373 e. The van der Waals surface area contributed by atoms with E-state index in [-0.39, 0.29) is 12.6 Å². The normalized spacial score (nSPS) is 17.9. The first kappa shape index (κ1) is 19.1. The van der Waals surface area contributed by atoms with Crippen LogP contribution in [-0.4, -0.2) is 66.6 Å². The van der Waals surface area contributed by atoms with Gasteiger partial charge in [0, 0.05) is 31.4 Å². The Kier molecular flexibility index (Phi) is 5.19. The molecule has 3 aromatic heterocycles. The molecular weight excluding hydrogens is 404 g/mol. The van der Waals surface area contributed by atoms with E-state index < -0.39 is 10.0 Å². The maximum Gasteiger partial charge on any atom is 0.208 e. The Morgan fingerprint density at radius 1 is 1.32 bits per heavy atom. The van der Waals surface area contributed by atoms with Crippen LogP contribution in [0.25, 0.3) is 16.9 Å². The molecule has 148 valence electrons. The fourth-order valence-corrected chi connectivity index (χ4v) is 3.72. The Labute approximate surface area is 167 Å². The van der Waals surface area contributed by atoms with Gasteiger partial charge in [0.05, 0.1) is 30.9 Å². The molecule has 4 rings (SSSR count). The highest BCUT2D eigenvalue weighted by Crippen LogP contribution is 2.25. The topological polar surface area (TPSA) is 102 Å². The third kappa shape index (κ3) is 4.25. The number of morpholine rings is 1. The number of hydrogen-bond acceptors (Lipinski definition) is 7. The van der Waals surface area contributed by atoms with E-state index in [1.807, 2.05) is 18.2 Å². The second kappa shape index (κ2) is 7.63. The molecule has 1 unspecified atom stereocenters. The van der Waals surface area contributed by atoms with Crippen LogP contribution in [0.3, 0.4) is 0 Å². The van der Waals surface area contributed by atoms with E-state index in [4.69, 9.17) is 16.3 Å². The van der Waals surface area contributed by atoms with Gasteiger partial charge in [-0.1, -0.05) is 11.6 Å². The number of fused-ring (bicyclic) bond motifs is 1. The molecule has 4 heterocycles. The summed E-state index contributed by atoms with van der Waals surface area (Å²) in [5.41, 5.74) is 2.42. The molecule has 1 fully saturated rings. The molecule has 0 amide bonds. The van der Waals surface area contributed by atoms with Gasteiger partial charge in [-0.15, -0.1) is 0 Å². The van der Waals surface area contributed by atoms with Crippen molar-refractivity contribution in [2.24, 2.45) is 0 Å². The van der Waals surface area contributed by atoms with Crippen LogP contribution < -0.4 is 9.62 Å². The number of imidazole rings is 1. The predicted octanol–water partition coefficient (Wildman–Crippen LogP) is 1.20. The third-order valence-corrected chi connectivity index (χ3v) is 5.30. The molecule has 9 nitrogen and oxygen atoms in total. The number of ether oxygens (including phenoxy) is 1. The second-order valence-electron chi connectivity index (χ2n) is 6.53. The monoisotopic (exact) mass is 422 g/mol. The van der Waals surface area contributed by atoms with Crippen LogP contribution in [0.1, 0.15) is 0 Å². The van der Waals surface area contributed by atoms with Crippen LogP contribution in [0.4, 0.5) is 5.82 Å². The van der Waals surface area contributed by atoms with Crippen molar-refractivity contribution < 1.29 is 13.2 Å². The average molecular weight is 423 g/mol. The number of anilines is 1. The van der Waals surface area contributed by atoms with Gasteiger partial charge in [-0.05, 0) is 24.3 Å².